The Morgan fingerprint density at radius 2 is 1.92 bits per heavy atom. The number of urea groups is 1. The molecule has 0 aliphatic heterocycles. The molecule has 0 unspecified atom stereocenters. The molecule has 0 fully saturated rings. The van der Waals surface area contributed by atoms with E-state index in [-0.39, 0.29) is 12.1 Å². The SMILES string of the molecule is COc1ccc(-c2cc(CN(CC(C)C)C(=O)NC(C)C)no2)cc1. The lowest BCUT2D eigenvalue weighted by molar-refractivity contribution is 0.183. The normalized spacial score (nSPS) is 11.0. The lowest BCUT2D eigenvalue weighted by atomic mass is 10.1. The molecule has 0 saturated carbocycles. The van der Waals surface area contributed by atoms with Crippen molar-refractivity contribution < 1.29 is 14.1 Å². The van der Waals surface area contributed by atoms with Gasteiger partial charge in [0.25, 0.3) is 0 Å². The third-order valence-corrected chi connectivity index (χ3v) is 3.57. The molecule has 1 aromatic heterocycles. The van der Waals surface area contributed by atoms with Crippen molar-refractivity contribution in [2.45, 2.75) is 40.3 Å². The smallest absolute Gasteiger partial charge is 0.317 e. The minimum Gasteiger partial charge on any atom is -0.497 e. The van der Waals surface area contributed by atoms with Gasteiger partial charge in [0.05, 0.1) is 13.7 Å². The van der Waals surface area contributed by atoms with Crippen molar-refractivity contribution in [3.8, 4) is 17.1 Å². The third kappa shape index (κ3) is 5.52. The van der Waals surface area contributed by atoms with Gasteiger partial charge in [-0.25, -0.2) is 4.79 Å². The van der Waals surface area contributed by atoms with Crippen LogP contribution in [0.15, 0.2) is 34.9 Å². The van der Waals surface area contributed by atoms with Gasteiger partial charge in [-0.15, -0.1) is 0 Å². The Morgan fingerprint density at radius 1 is 1.24 bits per heavy atom. The van der Waals surface area contributed by atoms with Crippen LogP contribution in [0.5, 0.6) is 5.75 Å². The van der Waals surface area contributed by atoms with E-state index in [1.165, 1.54) is 0 Å². The summed E-state index contributed by atoms with van der Waals surface area (Å²) in [6, 6.07) is 9.46. The average Bonchev–Trinajstić information content (AvgIpc) is 3.02. The summed E-state index contributed by atoms with van der Waals surface area (Å²) in [6.07, 6.45) is 0. The first-order valence-electron chi connectivity index (χ1n) is 8.54. The summed E-state index contributed by atoms with van der Waals surface area (Å²) in [4.78, 5) is 14.1. The molecule has 25 heavy (non-hydrogen) atoms. The molecule has 0 saturated heterocycles. The second kappa shape index (κ2) is 8.55. The molecule has 0 aliphatic carbocycles. The summed E-state index contributed by atoms with van der Waals surface area (Å²) in [5.74, 6) is 1.83. The Hall–Kier alpha value is -2.50. The number of carbonyl (C=O) groups is 1. The van der Waals surface area contributed by atoms with E-state index in [2.05, 4.69) is 24.3 Å². The van der Waals surface area contributed by atoms with Gasteiger partial charge in [-0.1, -0.05) is 19.0 Å². The highest BCUT2D eigenvalue weighted by atomic mass is 16.5. The zero-order chi connectivity index (χ0) is 18.4. The lowest BCUT2D eigenvalue weighted by Gasteiger charge is -2.25. The highest BCUT2D eigenvalue weighted by Gasteiger charge is 2.18. The maximum absolute atomic E-state index is 12.4. The summed E-state index contributed by atoms with van der Waals surface area (Å²) in [6.45, 7) is 9.13. The van der Waals surface area contributed by atoms with Crippen molar-refractivity contribution in [2.75, 3.05) is 13.7 Å². The van der Waals surface area contributed by atoms with Crippen LogP contribution >= 0.6 is 0 Å². The number of aromatic nitrogens is 1. The largest absolute Gasteiger partial charge is 0.497 e. The number of rotatable bonds is 7. The molecule has 2 amide bonds. The summed E-state index contributed by atoms with van der Waals surface area (Å²) < 4.78 is 10.6. The Kier molecular flexibility index (Phi) is 6.44. The molecule has 1 heterocycles. The van der Waals surface area contributed by atoms with Crippen LogP contribution < -0.4 is 10.1 Å². The van der Waals surface area contributed by atoms with Crippen LogP contribution in [0, 0.1) is 5.92 Å². The number of nitrogens with one attached hydrogen (secondary N) is 1. The predicted molar refractivity (Wildman–Crippen MR) is 97.4 cm³/mol. The van der Waals surface area contributed by atoms with Crippen LogP contribution in [-0.4, -0.2) is 35.8 Å². The average molecular weight is 345 g/mol. The fourth-order valence-corrected chi connectivity index (χ4v) is 2.47. The number of ether oxygens (including phenoxy) is 1. The zero-order valence-corrected chi connectivity index (χ0v) is 15.6. The second-order valence-electron chi connectivity index (χ2n) is 6.79. The molecule has 6 heteroatoms. The van der Waals surface area contributed by atoms with E-state index in [9.17, 15) is 4.79 Å². The molecule has 2 rings (SSSR count). The summed E-state index contributed by atoms with van der Waals surface area (Å²) in [5, 5.41) is 7.05. The fraction of sp³-hybridized carbons (Fsp3) is 0.474. The second-order valence-corrected chi connectivity index (χ2v) is 6.79. The van der Waals surface area contributed by atoms with Gasteiger partial charge in [0.2, 0.25) is 0 Å². The van der Waals surface area contributed by atoms with Crippen LogP contribution in [0.3, 0.4) is 0 Å². The van der Waals surface area contributed by atoms with Gasteiger partial charge >= 0.3 is 6.03 Å². The van der Waals surface area contributed by atoms with Crippen molar-refractivity contribution in [1.29, 1.82) is 0 Å². The van der Waals surface area contributed by atoms with Crippen molar-refractivity contribution in [2.24, 2.45) is 5.92 Å². The van der Waals surface area contributed by atoms with Gasteiger partial charge in [0.15, 0.2) is 5.76 Å². The van der Waals surface area contributed by atoms with Gasteiger partial charge in [0.1, 0.15) is 11.4 Å². The molecule has 1 N–H and O–H groups in total. The zero-order valence-electron chi connectivity index (χ0n) is 15.6. The molecular formula is C19H27N3O3. The van der Waals surface area contributed by atoms with Crippen molar-refractivity contribution in [3.63, 3.8) is 0 Å². The maximum atomic E-state index is 12.4. The molecule has 0 aliphatic rings. The summed E-state index contributed by atoms with van der Waals surface area (Å²) in [5.41, 5.74) is 1.65. The topological polar surface area (TPSA) is 67.6 Å². The van der Waals surface area contributed by atoms with Crippen LogP contribution in [0.2, 0.25) is 0 Å². The standard InChI is InChI=1S/C19H27N3O3/c1-13(2)11-22(19(23)20-14(3)4)12-16-10-18(25-21-16)15-6-8-17(24-5)9-7-15/h6-10,13-14H,11-12H2,1-5H3,(H,20,23). The molecule has 1 aromatic carbocycles. The molecule has 136 valence electrons. The first kappa shape index (κ1) is 18.8. The van der Waals surface area contributed by atoms with Gasteiger partial charge in [-0.3, -0.25) is 0 Å². The van der Waals surface area contributed by atoms with E-state index >= 15 is 0 Å². The number of hydrogen-bond acceptors (Lipinski definition) is 4. The Labute approximate surface area is 149 Å². The number of hydrogen-bond donors (Lipinski definition) is 1. The molecule has 0 atom stereocenters. The van der Waals surface area contributed by atoms with E-state index in [0.717, 1.165) is 17.0 Å². The number of benzene rings is 1. The molecule has 0 bridgehead atoms. The first-order valence-corrected chi connectivity index (χ1v) is 8.54. The van der Waals surface area contributed by atoms with Crippen LogP contribution in [-0.2, 0) is 6.54 Å². The van der Waals surface area contributed by atoms with Gasteiger partial charge in [0, 0.05) is 24.2 Å². The lowest BCUT2D eigenvalue weighted by Crippen LogP contribution is -2.44. The molecule has 0 radical (unpaired) electrons. The summed E-state index contributed by atoms with van der Waals surface area (Å²) >= 11 is 0. The maximum Gasteiger partial charge on any atom is 0.317 e. The van der Waals surface area contributed by atoms with Crippen LogP contribution in [0.25, 0.3) is 11.3 Å². The van der Waals surface area contributed by atoms with Crippen molar-refractivity contribution >= 4 is 6.03 Å². The Balaban J connectivity index is 2.11. The molecule has 2 aromatic rings. The number of nitrogens with zero attached hydrogens (tertiary/aromatic N) is 2. The highest BCUT2D eigenvalue weighted by molar-refractivity contribution is 5.74. The van der Waals surface area contributed by atoms with E-state index in [4.69, 9.17) is 9.26 Å². The van der Waals surface area contributed by atoms with Crippen LogP contribution in [0.1, 0.15) is 33.4 Å². The number of carbonyl (C=O) groups excluding carboxylic acids is 1. The van der Waals surface area contributed by atoms with E-state index in [1.807, 2.05) is 44.2 Å². The third-order valence-electron chi connectivity index (χ3n) is 3.57. The van der Waals surface area contributed by atoms with Gasteiger partial charge < -0.3 is 19.5 Å². The Morgan fingerprint density at radius 3 is 2.48 bits per heavy atom. The monoisotopic (exact) mass is 345 g/mol. The van der Waals surface area contributed by atoms with E-state index in [0.29, 0.717) is 24.8 Å². The first-order chi connectivity index (χ1) is 11.9. The predicted octanol–water partition coefficient (Wildman–Crippen LogP) is 3.93. The van der Waals surface area contributed by atoms with E-state index < -0.39 is 0 Å². The number of amides is 2. The minimum atomic E-state index is -0.0855. The van der Waals surface area contributed by atoms with Crippen molar-refractivity contribution in [1.82, 2.24) is 15.4 Å². The van der Waals surface area contributed by atoms with Crippen molar-refractivity contribution in [3.05, 3.63) is 36.0 Å². The molecule has 0 spiro atoms. The van der Waals surface area contributed by atoms with E-state index in [1.54, 1.807) is 12.0 Å². The molecular weight excluding hydrogens is 318 g/mol. The highest BCUT2D eigenvalue weighted by Crippen LogP contribution is 2.23. The quantitative estimate of drug-likeness (QED) is 0.826. The van der Waals surface area contributed by atoms with Gasteiger partial charge in [-0.05, 0) is 44.0 Å². The molecule has 6 nitrogen and oxygen atoms in total. The fourth-order valence-electron chi connectivity index (χ4n) is 2.47. The van der Waals surface area contributed by atoms with Gasteiger partial charge in [-0.2, -0.15) is 0 Å². The minimum absolute atomic E-state index is 0.0855. The number of methoxy groups -OCH3 is 1. The Bertz CT molecular complexity index is 677. The summed E-state index contributed by atoms with van der Waals surface area (Å²) in [7, 11) is 1.63. The van der Waals surface area contributed by atoms with Crippen LogP contribution in [0.4, 0.5) is 4.79 Å².